The number of rotatable bonds is 3. The highest BCUT2D eigenvalue weighted by Crippen LogP contribution is 2.28. The molecule has 0 radical (unpaired) electrons. The molecule has 0 spiro atoms. The van der Waals surface area contributed by atoms with Crippen molar-refractivity contribution in [1.29, 1.82) is 0 Å². The molecule has 4 heteroatoms. The lowest BCUT2D eigenvalue weighted by Crippen LogP contribution is -2.13. The average Bonchev–Trinajstić information content (AvgIpc) is 2.80. The number of esters is 1. The van der Waals surface area contributed by atoms with Crippen LogP contribution in [-0.2, 0) is 14.3 Å². The molecule has 1 heterocycles. The Kier molecular flexibility index (Phi) is 2.26. The lowest BCUT2D eigenvalue weighted by Gasteiger charge is -1.93. The van der Waals surface area contributed by atoms with Crippen LogP contribution in [0, 0.1) is 0 Å². The molecule has 4 nitrogen and oxygen atoms in total. The van der Waals surface area contributed by atoms with Crippen LogP contribution in [0.5, 0.6) is 0 Å². The van der Waals surface area contributed by atoms with Gasteiger partial charge in [0, 0.05) is 0 Å². The summed E-state index contributed by atoms with van der Waals surface area (Å²) >= 11 is 0. The maximum Gasteiger partial charge on any atom is 0.338 e. The second-order valence-electron chi connectivity index (χ2n) is 2.32. The Morgan fingerprint density at radius 1 is 1.73 bits per heavy atom. The fraction of sp³-hybridized carbons (Fsp3) is 0.571. The van der Waals surface area contributed by atoms with E-state index >= 15 is 0 Å². The maximum atomic E-state index is 10.7. The predicted molar refractivity (Wildman–Crippen MR) is 36.9 cm³/mol. The van der Waals surface area contributed by atoms with Gasteiger partial charge in [0.1, 0.15) is 6.10 Å². The highest BCUT2D eigenvalue weighted by molar-refractivity contribution is 5.78. The molecule has 0 saturated carbocycles. The van der Waals surface area contributed by atoms with E-state index in [1.165, 1.54) is 7.11 Å². The summed E-state index contributed by atoms with van der Waals surface area (Å²) < 4.78 is 9.30. The zero-order valence-corrected chi connectivity index (χ0v) is 6.24. The summed E-state index contributed by atoms with van der Waals surface area (Å²) in [5.74, 6) is -0.412. The highest BCUT2D eigenvalue weighted by atomic mass is 16.6. The minimum absolute atomic E-state index is 0.155. The molecular formula is C7H10O4. The van der Waals surface area contributed by atoms with Gasteiger partial charge < -0.3 is 14.6 Å². The van der Waals surface area contributed by atoms with Gasteiger partial charge in [0.15, 0.2) is 6.10 Å². The molecule has 1 saturated heterocycles. The van der Waals surface area contributed by atoms with Crippen LogP contribution < -0.4 is 0 Å². The van der Waals surface area contributed by atoms with Gasteiger partial charge in [0.2, 0.25) is 0 Å². The van der Waals surface area contributed by atoms with Crippen molar-refractivity contribution in [3.05, 3.63) is 12.2 Å². The molecule has 1 rings (SSSR count). The second kappa shape index (κ2) is 3.02. The number of methoxy groups -OCH3 is 1. The van der Waals surface area contributed by atoms with Crippen molar-refractivity contribution in [2.45, 2.75) is 12.2 Å². The summed E-state index contributed by atoms with van der Waals surface area (Å²) in [6, 6.07) is 0. The molecule has 0 unspecified atom stereocenters. The van der Waals surface area contributed by atoms with Gasteiger partial charge in [-0.05, 0) is 5.57 Å². The molecule has 0 bridgehead atoms. The summed E-state index contributed by atoms with van der Waals surface area (Å²) in [5.41, 5.74) is 0.514. The first-order valence-corrected chi connectivity index (χ1v) is 3.22. The zero-order valence-electron chi connectivity index (χ0n) is 6.24. The normalized spacial score (nSPS) is 27.8. The van der Waals surface area contributed by atoms with Crippen LogP contribution in [0.1, 0.15) is 0 Å². The van der Waals surface area contributed by atoms with Gasteiger partial charge in [-0.1, -0.05) is 6.58 Å². The number of ether oxygens (including phenoxy) is 2. The number of aliphatic hydroxyl groups is 1. The van der Waals surface area contributed by atoms with Gasteiger partial charge in [0.05, 0.1) is 13.7 Å². The lowest BCUT2D eigenvalue weighted by atomic mass is 10.2. The zero-order chi connectivity index (χ0) is 8.43. The molecule has 0 amide bonds. The standard InChI is InChI=1S/C7H10O4/c1-4(3-8)5-6(11-5)7(9)10-2/h5-6,8H,1,3H2,2H3/t5-,6-/m0/s1. The van der Waals surface area contributed by atoms with E-state index in [9.17, 15) is 4.79 Å². The van der Waals surface area contributed by atoms with E-state index in [1.54, 1.807) is 0 Å². The van der Waals surface area contributed by atoms with E-state index in [0.717, 1.165) is 0 Å². The number of carbonyl (C=O) groups is 1. The third-order valence-corrected chi connectivity index (χ3v) is 1.53. The minimum Gasteiger partial charge on any atom is -0.467 e. The Labute approximate surface area is 64.4 Å². The van der Waals surface area contributed by atoms with Gasteiger partial charge in [-0.15, -0.1) is 0 Å². The van der Waals surface area contributed by atoms with E-state index < -0.39 is 12.1 Å². The predicted octanol–water partition coefficient (Wildman–Crippen LogP) is -0.525. The fourth-order valence-corrected chi connectivity index (χ4v) is 0.808. The Hall–Kier alpha value is -0.870. The summed E-state index contributed by atoms with van der Waals surface area (Å²) in [4.78, 5) is 10.7. The third kappa shape index (κ3) is 1.58. The van der Waals surface area contributed by atoms with E-state index in [2.05, 4.69) is 11.3 Å². The summed E-state index contributed by atoms with van der Waals surface area (Å²) in [6.07, 6.45) is -0.882. The first-order chi connectivity index (χ1) is 5.20. The molecule has 1 fully saturated rings. The maximum absolute atomic E-state index is 10.7. The van der Waals surface area contributed by atoms with E-state index in [4.69, 9.17) is 9.84 Å². The van der Waals surface area contributed by atoms with Gasteiger partial charge in [0.25, 0.3) is 0 Å². The molecule has 1 aliphatic heterocycles. The Balaban J connectivity index is 2.37. The smallest absolute Gasteiger partial charge is 0.338 e. The molecular weight excluding hydrogens is 148 g/mol. The number of hydrogen-bond acceptors (Lipinski definition) is 4. The van der Waals surface area contributed by atoms with Crippen LogP contribution in [0.4, 0.5) is 0 Å². The molecule has 0 aromatic heterocycles. The summed E-state index contributed by atoms with van der Waals surface area (Å²) in [6.45, 7) is 3.36. The molecule has 0 aliphatic carbocycles. The van der Waals surface area contributed by atoms with Gasteiger partial charge in [-0.25, -0.2) is 4.79 Å². The first-order valence-electron chi connectivity index (χ1n) is 3.22. The molecule has 1 N–H and O–H groups in total. The van der Waals surface area contributed by atoms with Gasteiger partial charge >= 0.3 is 5.97 Å². The Morgan fingerprint density at radius 3 is 2.82 bits per heavy atom. The van der Waals surface area contributed by atoms with Crippen LogP contribution in [-0.4, -0.2) is 37.0 Å². The highest BCUT2D eigenvalue weighted by Gasteiger charge is 2.47. The van der Waals surface area contributed by atoms with E-state index in [-0.39, 0.29) is 12.7 Å². The fourth-order valence-electron chi connectivity index (χ4n) is 0.808. The van der Waals surface area contributed by atoms with Crippen LogP contribution in [0.25, 0.3) is 0 Å². The van der Waals surface area contributed by atoms with Crippen LogP contribution in [0.3, 0.4) is 0 Å². The van der Waals surface area contributed by atoms with Crippen LogP contribution in [0.15, 0.2) is 12.2 Å². The summed E-state index contributed by atoms with van der Waals surface area (Å²) in [5, 5.41) is 8.59. The summed E-state index contributed by atoms with van der Waals surface area (Å²) in [7, 11) is 1.29. The topological polar surface area (TPSA) is 59.1 Å². The van der Waals surface area contributed by atoms with E-state index in [0.29, 0.717) is 5.57 Å². The van der Waals surface area contributed by atoms with Crippen molar-refractivity contribution in [3.8, 4) is 0 Å². The van der Waals surface area contributed by atoms with Gasteiger partial charge in [-0.3, -0.25) is 0 Å². The number of hydrogen-bond donors (Lipinski definition) is 1. The molecule has 0 aromatic carbocycles. The quantitative estimate of drug-likeness (QED) is 0.341. The van der Waals surface area contributed by atoms with Crippen molar-refractivity contribution in [1.82, 2.24) is 0 Å². The minimum atomic E-state index is -0.542. The number of carbonyl (C=O) groups excluding carboxylic acids is 1. The van der Waals surface area contributed by atoms with E-state index in [1.807, 2.05) is 0 Å². The van der Waals surface area contributed by atoms with Crippen LogP contribution in [0.2, 0.25) is 0 Å². The van der Waals surface area contributed by atoms with Crippen molar-refractivity contribution in [2.75, 3.05) is 13.7 Å². The Morgan fingerprint density at radius 2 is 2.36 bits per heavy atom. The second-order valence-corrected chi connectivity index (χ2v) is 2.32. The molecule has 1 aliphatic rings. The Bertz CT molecular complexity index is 167. The third-order valence-electron chi connectivity index (χ3n) is 1.53. The van der Waals surface area contributed by atoms with Crippen molar-refractivity contribution in [2.24, 2.45) is 0 Å². The first kappa shape index (κ1) is 8.23. The van der Waals surface area contributed by atoms with Crippen molar-refractivity contribution in [3.63, 3.8) is 0 Å². The number of epoxide rings is 1. The van der Waals surface area contributed by atoms with Gasteiger partial charge in [-0.2, -0.15) is 0 Å². The largest absolute Gasteiger partial charge is 0.467 e. The van der Waals surface area contributed by atoms with Crippen LogP contribution >= 0.6 is 0 Å². The average molecular weight is 158 g/mol. The SMILES string of the molecule is C=C(CO)[C@@H]1O[C@@H]1C(=O)OC. The number of aliphatic hydroxyl groups excluding tert-OH is 1. The molecule has 62 valence electrons. The van der Waals surface area contributed by atoms with Crippen molar-refractivity contribution >= 4 is 5.97 Å². The lowest BCUT2D eigenvalue weighted by molar-refractivity contribution is -0.142. The monoisotopic (exact) mass is 158 g/mol. The molecule has 0 aromatic rings. The molecule has 11 heavy (non-hydrogen) atoms. The van der Waals surface area contributed by atoms with Crippen molar-refractivity contribution < 1.29 is 19.4 Å². The molecule has 2 atom stereocenters.